The zero-order valence-electron chi connectivity index (χ0n) is 34.9. The third kappa shape index (κ3) is 42.6. The average Bonchev–Trinajstić information content (AvgIpc) is 3.13. The van der Waals surface area contributed by atoms with Gasteiger partial charge in [0.2, 0.25) is 0 Å². The Kier molecular flexibility index (Phi) is 42.0. The van der Waals surface area contributed by atoms with Crippen molar-refractivity contribution in [1.82, 2.24) is 0 Å². The molecule has 1 unspecified atom stereocenters. The van der Waals surface area contributed by atoms with Crippen LogP contribution in [0.4, 0.5) is 0 Å². The fourth-order valence-corrected chi connectivity index (χ4v) is 6.93. The smallest absolute Gasteiger partial charge is 0.306 e. The van der Waals surface area contributed by atoms with Gasteiger partial charge in [-0.15, -0.1) is 0 Å². The van der Waals surface area contributed by atoms with Crippen LogP contribution in [0.5, 0.6) is 0 Å². The molecule has 0 aliphatic heterocycles. The number of aliphatic carboxylic acids is 1. The van der Waals surface area contributed by atoms with Crippen LogP contribution in [0.2, 0.25) is 0 Å². The van der Waals surface area contributed by atoms with Crippen LogP contribution in [0.15, 0.2) is 36.5 Å². The van der Waals surface area contributed by atoms with Gasteiger partial charge in [-0.05, 0) is 89.9 Å². The van der Waals surface area contributed by atoms with Gasteiger partial charge in [0.15, 0.2) is 0 Å². The first kappa shape index (κ1) is 50.2. The summed E-state index contributed by atoms with van der Waals surface area (Å²) in [5, 5.41) is 9.06. The number of carbonyl (C=O) groups excluding carboxylic acids is 1. The van der Waals surface area contributed by atoms with E-state index in [1.54, 1.807) is 0 Å². The summed E-state index contributed by atoms with van der Waals surface area (Å²) < 4.78 is 5.86. The first-order chi connectivity index (χ1) is 25.6. The lowest BCUT2D eigenvalue weighted by molar-refractivity contribution is -0.150. The van der Waals surface area contributed by atoms with E-state index in [0.29, 0.717) is 19.3 Å². The lowest BCUT2D eigenvalue weighted by atomic mass is 10.0. The van der Waals surface area contributed by atoms with Gasteiger partial charge in [-0.2, -0.15) is 0 Å². The normalized spacial score (nSPS) is 12.5. The molecule has 304 valence electrons. The second-order valence-electron chi connectivity index (χ2n) is 15.6. The molecule has 0 aromatic heterocycles. The molecule has 1 N–H and O–H groups in total. The average molecular weight is 729 g/mol. The minimum atomic E-state index is -0.770. The first-order valence-corrected chi connectivity index (χ1v) is 23.0. The topological polar surface area (TPSA) is 63.6 Å². The van der Waals surface area contributed by atoms with Crippen molar-refractivity contribution in [3.63, 3.8) is 0 Å². The SMILES string of the molecule is CCCCC/C=C\C/C=C\CCCC/C=C\CCCCCCCC(=O)OC(CCCCCCCCCCCCCCCCCCC)CCCC(=O)O. The maximum atomic E-state index is 12.6. The molecule has 0 fully saturated rings. The van der Waals surface area contributed by atoms with E-state index < -0.39 is 5.97 Å². The fraction of sp³-hybridized carbons (Fsp3) is 0.833. The molecule has 0 rings (SSSR count). The zero-order chi connectivity index (χ0) is 37.8. The van der Waals surface area contributed by atoms with Gasteiger partial charge in [-0.3, -0.25) is 9.59 Å². The Bertz CT molecular complexity index is 828. The minimum absolute atomic E-state index is 0.0969. The summed E-state index contributed by atoms with van der Waals surface area (Å²) in [6, 6.07) is 0. The molecule has 0 aliphatic rings. The van der Waals surface area contributed by atoms with Crippen LogP contribution in [-0.4, -0.2) is 23.1 Å². The minimum Gasteiger partial charge on any atom is -0.481 e. The van der Waals surface area contributed by atoms with Crippen molar-refractivity contribution in [2.24, 2.45) is 0 Å². The number of esters is 1. The van der Waals surface area contributed by atoms with Crippen molar-refractivity contribution in [1.29, 1.82) is 0 Å². The van der Waals surface area contributed by atoms with E-state index in [-0.39, 0.29) is 18.5 Å². The lowest BCUT2D eigenvalue weighted by Crippen LogP contribution is -2.18. The molecule has 0 aromatic carbocycles. The second kappa shape index (κ2) is 43.6. The largest absolute Gasteiger partial charge is 0.481 e. The Morgan fingerprint density at radius 3 is 1.25 bits per heavy atom. The van der Waals surface area contributed by atoms with Crippen molar-refractivity contribution >= 4 is 11.9 Å². The highest BCUT2D eigenvalue weighted by Crippen LogP contribution is 2.18. The van der Waals surface area contributed by atoms with Gasteiger partial charge < -0.3 is 9.84 Å². The number of rotatable bonds is 42. The van der Waals surface area contributed by atoms with Crippen molar-refractivity contribution in [3.05, 3.63) is 36.5 Å². The second-order valence-corrected chi connectivity index (χ2v) is 15.6. The Labute approximate surface area is 324 Å². The Hall–Kier alpha value is -1.84. The van der Waals surface area contributed by atoms with Crippen LogP contribution in [0.3, 0.4) is 0 Å². The van der Waals surface area contributed by atoms with Crippen LogP contribution in [0, 0.1) is 0 Å². The summed E-state index contributed by atoms with van der Waals surface area (Å²) in [5.74, 6) is -0.866. The number of hydrogen-bond acceptors (Lipinski definition) is 3. The molecule has 4 nitrogen and oxygen atoms in total. The zero-order valence-corrected chi connectivity index (χ0v) is 34.9. The first-order valence-electron chi connectivity index (χ1n) is 23.0. The summed E-state index contributed by atoms with van der Waals surface area (Å²) in [6.45, 7) is 4.54. The summed E-state index contributed by atoms with van der Waals surface area (Å²) in [5.41, 5.74) is 0. The number of ether oxygens (including phenoxy) is 1. The quantitative estimate of drug-likeness (QED) is 0.0386. The van der Waals surface area contributed by atoms with Crippen molar-refractivity contribution < 1.29 is 19.4 Å². The highest BCUT2D eigenvalue weighted by Gasteiger charge is 2.15. The van der Waals surface area contributed by atoms with E-state index in [1.165, 1.54) is 173 Å². The van der Waals surface area contributed by atoms with Crippen LogP contribution in [0.1, 0.15) is 251 Å². The molecule has 0 bridgehead atoms. The van der Waals surface area contributed by atoms with Crippen molar-refractivity contribution in [2.45, 2.75) is 258 Å². The van der Waals surface area contributed by atoms with E-state index in [0.717, 1.165) is 38.5 Å². The Morgan fingerprint density at radius 2 is 0.769 bits per heavy atom. The van der Waals surface area contributed by atoms with E-state index in [4.69, 9.17) is 9.84 Å². The third-order valence-electron chi connectivity index (χ3n) is 10.3. The standard InChI is InChI=1S/C48H88O4/c1-3-5-7-9-11-13-15-17-19-21-22-23-24-26-28-30-32-34-36-38-40-45-48(51)52-46(43-41-44-47(49)50)42-39-37-35-33-31-29-27-25-20-18-16-14-12-10-8-6-4-2/h11,13,17,19,26,28,46H,3-10,12,14-16,18,20-25,27,29-45H2,1-2H3,(H,49,50)/b13-11-,19-17-,28-26-. The highest BCUT2D eigenvalue weighted by atomic mass is 16.5. The molecule has 1 atom stereocenters. The molecule has 0 radical (unpaired) electrons. The van der Waals surface area contributed by atoms with Gasteiger partial charge in [-0.25, -0.2) is 0 Å². The van der Waals surface area contributed by atoms with Crippen molar-refractivity contribution in [2.75, 3.05) is 0 Å². The Balaban J connectivity index is 3.77. The molecule has 0 saturated heterocycles. The molecule has 52 heavy (non-hydrogen) atoms. The molecule has 0 spiro atoms. The van der Waals surface area contributed by atoms with Gasteiger partial charge >= 0.3 is 11.9 Å². The number of hydrogen-bond donors (Lipinski definition) is 1. The third-order valence-corrected chi connectivity index (χ3v) is 10.3. The molecule has 0 aliphatic carbocycles. The van der Waals surface area contributed by atoms with Crippen LogP contribution in [0.25, 0.3) is 0 Å². The van der Waals surface area contributed by atoms with E-state index in [2.05, 4.69) is 50.3 Å². The molecule has 0 saturated carbocycles. The van der Waals surface area contributed by atoms with Crippen LogP contribution >= 0.6 is 0 Å². The summed E-state index contributed by atoms with van der Waals surface area (Å²) in [6.07, 6.45) is 57.5. The van der Waals surface area contributed by atoms with Crippen LogP contribution < -0.4 is 0 Å². The van der Waals surface area contributed by atoms with E-state index in [1.807, 2.05) is 0 Å². The summed E-state index contributed by atoms with van der Waals surface area (Å²) >= 11 is 0. The maximum absolute atomic E-state index is 12.6. The fourth-order valence-electron chi connectivity index (χ4n) is 6.93. The van der Waals surface area contributed by atoms with Gasteiger partial charge in [0.05, 0.1) is 0 Å². The molecular weight excluding hydrogens is 641 g/mol. The highest BCUT2D eigenvalue weighted by molar-refractivity contribution is 5.69. The van der Waals surface area contributed by atoms with Crippen LogP contribution in [-0.2, 0) is 14.3 Å². The number of carbonyl (C=O) groups is 2. The molecule has 4 heteroatoms. The lowest BCUT2D eigenvalue weighted by Gasteiger charge is -2.18. The monoisotopic (exact) mass is 729 g/mol. The van der Waals surface area contributed by atoms with E-state index in [9.17, 15) is 9.59 Å². The van der Waals surface area contributed by atoms with Gasteiger partial charge in [0.25, 0.3) is 0 Å². The summed E-state index contributed by atoms with van der Waals surface area (Å²) in [7, 11) is 0. The number of carboxylic acid groups (broad SMARTS) is 1. The number of allylic oxidation sites excluding steroid dienone is 6. The van der Waals surface area contributed by atoms with Gasteiger partial charge in [0.1, 0.15) is 6.10 Å². The molecular formula is C48H88O4. The predicted molar refractivity (Wildman–Crippen MR) is 227 cm³/mol. The van der Waals surface area contributed by atoms with Gasteiger partial charge in [-0.1, -0.05) is 185 Å². The van der Waals surface area contributed by atoms with Crippen molar-refractivity contribution in [3.8, 4) is 0 Å². The molecule has 0 heterocycles. The van der Waals surface area contributed by atoms with Gasteiger partial charge in [0, 0.05) is 12.8 Å². The summed E-state index contributed by atoms with van der Waals surface area (Å²) in [4.78, 5) is 23.6. The number of carboxylic acids is 1. The molecule has 0 amide bonds. The predicted octanol–water partition coefficient (Wildman–Crippen LogP) is 16.1. The number of unbranched alkanes of at least 4 members (excludes halogenated alkanes) is 27. The van der Waals surface area contributed by atoms with E-state index >= 15 is 0 Å². The molecule has 0 aromatic rings. The maximum Gasteiger partial charge on any atom is 0.306 e. The Morgan fingerprint density at radius 1 is 0.423 bits per heavy atom.